The molecule has 1 N–H and O–H groups in total. The Morgan fingerprint density at radius 2 is 2.15 bits per heavy atom. The summed E-state index contributed by atoms with van der Waals surface area (Å²) in [5.74, 6) is -0.266. The average Bonchev–Trinajstić information content (AvgIpc) is 2.66. The van der Waals surface area contributed by atoms with E-state index in [9.17, 15) is 9.59 Å². The second kappa shape index (κ2) is 5.57. The molecule has 8 heteroatoms. The van der Waals surface area contributed by atoms with Gasteiger partial charge in [-0.2, -0.15) is 4.37 Å². The number of carbonyl (C=O) groups is 2. The van der Waals surface area contributed by atoms with Gasteiger partial charge in [-0.1, -0.05) is 11.6 Å². The minimum atomic E-state index is -0.513. The fourth-order valence-corrected chi connectivity index (χ4v) is 2.57. The molecule has 0 aromatic carbocycles. The molecule has 0 spiro atoms. The zero-order chi connectivity index (χ0) is 14.9. The first-order valence-corrected chi connectivity index (χ1v) is 7.36. The first-order chi connectivity index (χ1) is 9.26. The van der Waals surface area contributed by atoms with Gasteiger partial charge in [-0.25, -0.2) is 4.79 Å². The lowest BCUT2D eigenvalue weighted by Crippen LogP contribution is -2.61. The van der Waals surface area contributed by atoms with E-state index in [1.54, 1.807) is 10.3 Å². The minimum absolute atomic E-state index is 0.0778. The molecular formula is C12H16ClN3O3S. The van der Waals surface area contributed by atoms with E-state index in [0.29, 0.717) is 18.7 Å². The quantitative estimate of drug-likeness (QED) is 0.907. The molecule has 2 rings (SSSR count). The fourth-order valence-electron chi connectivity index (χ4n) is 1.68. The van der Waals surface area contributed by atoms with Crippen LogP contribution in [0, 0.1) is 0 Å². The summed E-state index contributed by atoms with van der Waals surface area (Å²) >= 11 is 6.92. The number of aromatic nitrogens is 1. The number of hydrogen-bond donors (Lipinski definition) is 1. The molecule has 2 heterocycles. The zero-order valence-corrected chi connectivity index (χ0v) is 13.0. The van der Waals surface area contributed by atoms with Crippen molar-refractivity contribution in [2.45, 2.75) is 32.4 Å². The van der Waals surface area contributed by atoms with Crippen LogP contribution in [0.3, 0.4) is 0 Å². The van der Waals surface area contributed by atoms with Crippen LogP contribution in [0.25, 0.3) is 0 Å². The number of hydrogen-bond acceptors (Lipinski definition) is 5. The maximum absolute atomic E-state index is 11.9. The molecule has 0 saturated carbocycles. The van der Waals surface area contributed by atoms with Crippen molar-refractivity contribution in [1.29, 1.82) is 0 Å². The van der Waals surface area contributed by atoms with Gasteiger partial charge >= 0.3 is 6.09 Å². The summed E-state index contributed by atoms with van der Waals surface area (Å²) in [4.78, 5) is 25.1. The van der Waals surface area contributed by atoms with Gasteiger partial charge in [0.2, 0.25) is 0 Å². The van der Waals surface area contributed by atoms with Crippen molar-refractivity contribution in [3.8, 4) is 0 Å². The molecule has 0 unspecified atom stereocenters. The Labute approximate surface area is 126 Å². The summed E-state index contributed by atoms with van der Waals surface area (Å²) < 4.78 is 9.07. The third kappa shape index (κ3) is 3.61. The molecule has 0 radical (unpaired) electrons. The zero-order valence-electron chi connectivity index (χ0n) is 11.5. The number of ether oxygens (including phenoxy) is 1. The highest BCUT2D eigenvalue weighted by Crippen LogP contribution is 2.18. The number of amides is 2. The highest BCUT2D eigenvalue weighted by molar-refractivity contribution is 7.04. The van der Waals surface area contributed by atoms with Gasteiger partial charge in [0.05, 0.1) is 11.6 Å². The van der Waals surface area contributed by atoms with E-state index in [4.69, 9.17) is 16.3 Å². The van der Waals surface area contributed by atoms with Gasteiger partial charge < -0.3 is 15.0 Å². The van der Waals surface area contributed by atoms with Gasteiger partial charge in [0.1, 0.15) is 5.60 Å². The Bertz CT molecular complexity index is 520. The lowest BCUT2D eigenvalue weighted by atomic mass is 10.1. The molecule has 20 heavy (non-hydrogen) atoms. The Hall–Kier alpha value is -1.34. The molecular weight excluding hydrogens is 302 g/mol. The van der Waals surface area contributed by atoms with Crippen molar-refractivity contribution < 1.29 is 14.3 Å². The number of halogens is 1. The lowest BCUT2D eigenvalue weighted by Gasteiger charge is -2.39. The van der Waals surface area contributed by atoms with Crippen molar-refractivity contribution in [3.05, 3.63) is 16.1 Å². The van der Waals surface area contributed by atoms with Crippen LogP contribution in [0.4, 0.5) is 4.79 Å². The standard InChI is InChI=1S/C12H16ClN3O3S/c1-12(2,3)19-11(18)16-4-7(5-16)14-10(17)8-6-20-15-9(8)13/h6-7H,4-5H2,1-3H3,(H,14,17). The molecule has 0 aliphatic carbocycles. The Kier molecular flexibility index (Phi) is 4.19. The summed E-state index contributed by atoms with van der Waals surface area (Å²) in [6.07, 6.45) is -0.363. The van der Waals surface area contributed by atoms with E-state index in [1.165, 1.54) is 0 Å². The molecule has 1 aliphatic heterocycles. The summed E-state index contributed by atoms with van der Waals surface area (Å²) in [6.45, 7) is 6.33. The van der Waals surface area contributed by atoms with Crippen LogP contribution in [-0.4, -0.2) is 46.0 Å². The molecule has 0 bridgehead atoms. The Morgan fingerprint density at radius 3 is 2.65 bits per heavy atom. The van der Waals surface area contributed by atoms with E-state index in [1.807, 2.05) is 20.8 Å². The highest BCUT2D eigenvalue weighted by Gasteiger charge is 2.34. The second-order valence-electron chi connectivity index (χ2n) is 5.57. The van der Waals surface area contributed by atoms with Crippen molar-refractivity contribution in [2.75, 3.05) is 13.1 Å². The molecule has 1 aromatic rings. The average molecular weight is 318 g/mol. The number of carbonyl (C=O) groups excluding carboxylic acids is 2. The van der Waals surface area contributed by atoms with E-state index in [0.717, 1.165) is 11.5 Å². The van der Waals surface area contributed by atoms with Crippen LogP contribution in [-0.2, 0) is 4.74 Å². The molecule has 2 amide bonds. The monoisotopic (exact) mass is 317 g/mol. The first-order valence-electron chi connectivity index (χ1n) is 6.15. The lowest BCUT2D eigenvalue weighted by molar-refractivity contribution is 0.00533. The van der Waals surface area contributed by atoms with Crippen LogP contribution in [0.5, 0.6) is 0 Å². The normalized spacial score (nSPS) is 15.7. The molecule has 1 aromatic heterocycles. The molecule has 110 valence electrons. The largest absolute Gasteiger partial charge is 0.444 e. The molecule has 1 aliphatic rings. The molecule has 1 saturated heterocycles. The van der Waals surface area contributed by atoms with Crippen molar-refractivity contribution in [2.24, 2.45) is 0 Å². The van der Waals surface area contributed by atoms with E-state index < -0.39 is 5.60 Å². The number of rotatable bonds is 2. The van der Waals surface area contributed by atoms with Gasteiger partial charge in [0, 0.05) is 18.5 Å². The third-order valence-corrected chi connectivity index (χ3v) is 3.66. The maximum atomic E-state index is 11.9. The van der Waals surface area contributed by atoms with E-state index in [-0.39, 0.29) is 23.2 Å². The number of likely N-dealkylation sites (tertiary alicyclic amines) is 1. The molecule has 6 nitrogen and oxygen atoms in total. The molecule has 0 atom stereocenters. The van der Waals surface area contributed by atoms with Gasteiger partial charge in [-0.05, 0) is 32.3 Å². The Morgan fingerprint density at radius 1 is 1.50 bits per heavy atom. The smallest absolute Gasteiger partial charge is 0.410 e. The van der Waals surface area contributed by atoms with Gasteiger partial charge in [0.25, 0.3) is 5.91 Å². The van der Waals surface area contributed by atoms with Crippen LogP contribution in [0.15, 0.2) is 5.38 Å². The summed E-state index contributed by atoms with van der Waals surface area (Å²) in [5, 5.41) is 4.60. The minimum Gasteiger partial charge on any atom is -0.444 e. The predicted molar refractivity (Wildman–Crippen MR) is 76.2 cm³/mol. The van der Waals surface area contributed by atoms with Gasteiger partial charge in [-0.3, -0.25) is 4.79 Å². The van der Waals surface area contributed by atoms with Crippen LogP contribution in [0.2, 0.25) is 5.15 Å². The highest BCUT2D eigenvalue weighted by atomic mass is 35.5. The topological polar surface area (TPSA) is 71.5 Å². The number of nitrogens with one attached hydrogen (secondary N) is 1. The molecule has 1 fully saturated rings. The van der Waals surface area contributed by atoms with Crippen molar-refractivity contribution in [1.82, 2.24) is 14.6 Å². The SMILES string of the molecule is CC(C)(C)OC(=O)N1CC(NC(=O)c2csnc2Cl)C1. The van der Waals surface area contributed by atoms with Crippen LogP contribution in [0.1, 0.15) is 31.1 Å². The Balaban J connectivity index is 1.79. The fraction of sp³-hybridized carbons (Fsp3) is 0.583. The van der Waals surface area contributed by atoms with Crippen LogP contribution < -0.4 is 5.32 Å². The summed E-state index contributed by atoms with van der Waals surface area (Å²) in [7, 11) is 0. The number of nitrogens with zero attached hydrogens (tertiary/aromatic N) is 2. The van der Waals surface area contributed by atoms with Gasteiger partial charge in [0.15, 0.2) is 5.15 Å². The van der Waals surface area contributed by atoms with Crippen molar-refractivity contribution >= 4 is 35.1 Å². The predicted octanol–water partition coefficient (Wildman–Crippen LogP) is 2.15. The van der Waals surface area contributed by atoms with Gasteiger partial charge in [-0.15, -0.1) is 0 Å². The van der Waals surface area contributed by atoms with Crippen molar-refractivity contribution in [3.63, 3.8) is 0 Å². The summed E-state index contributed by atoms with van der Waals surface area (Å²) in [5.41, 5.74) is -0.145. The van der Waals surface area contributed by atoms with E-state index >= 15 is 0 Å². The van der Waals surface area contributed by atoms with Crippen LogP contribution >= 0.6 is 23.1 Å². The maximum Gasteiger partial charge on any atom is 0.410 e. The summed E-state index contributed by atoms with van der Waals surface area (Å²) in [6, 6.07) is -0.0778. The van der Waals surface area contributed by atoms with E-state index in [2.05, 4.69) is 9.69 Å². The third-order valence-electron chi connectivity index (χ3n) is 2.64. The second-order valence-corrected chi connectivity index (χ2v) is 6.56. The first kappa shape index (κ1) is 15.1.